The summed E-state index contributed by atoms with van der Waals surface area (Å²) in [6.45, 7) is 17.7. The zero-order valence-corrected chi connectivity index (χ0v) is 13.7. The van der Waals surface area contributed by atoms with E-state index in [0.717, 1.165) is 23.8 Å². The van der Waals surface area contributed by atoms with Gasteiger partial charge in [-0.15, -0.1) is 0 Å². The summed E-state index contributed by atoms with van der Waals surface area (Å²) >= 11 is 0. The fourth-order valence-corrected chi connectivity index (χ4v) is 4.61. The smallest absolute Gasteiger partial charge is 0.00385 e. The van der Waals surface area contributed by atoms with Gasteiger partial charge in [-0.3, -0.25) is 0 Å². The molecule has 0 N–H and O–H groups in total. The van der Waals surface area contributed by atoms with Crippen molar-refractivity contribution in [3.8, 4) is 0 Å². The molecule has 3 heteroatoms. The number of likely N-dealkylation sites (tertiary alicyclic amines) is 3. The van der Waals surface area contributed by atoms with E-state index in [2.05, 4.69) is 35.5 Å². The van der Waals surface area contributed by atoms with E-state index in [-0.39, 0.29) is 0 Å². The quantitative estimate of drug-likeness (QED) is 0.779. The van der Waals surface area contributed by atoms with E-state index in [9.17, 15) is 0 Å². The molecule has 2 unspecified atom stereocenters. The van der Waals surface area contributed by atoms with Crippen LogP contribution in [-0.2, 0) is 0 Å². The van der Waals surface area contributed by atoms with Gasteiger partial charge in [0.25, 0.3) is 0 Å². The van der Waals surface area contributed by atoms with Crippen LogP contribution in [0.15, 0.2) is 0 Å². The third kappa shape index (κ3) is 3.20. The largest absolute Gasteiger partial charge is 0.303 e. The van der Waals surface area contributed by atoms with E-state index in [4.69, 9.17) is 0 Å². The van der Waals surface area contributed by atoms with Crippen LogP contribution in [0.3, 0.4) is 0 Å². The van der Waals surface area contributed by atoms with Crippen LogP contribution in [0.4, 0.5) is 0 Å². The lowest BCUT2D eigenvalue weighted by Gasteiger charge is -2.36. The SMILES string of the molecule is CCN1CC2CN(CC3CCN(C(C)C)CC3)CC2C1. The molecule has 0 aromatic rings. The van der Waals surface area contributed by atoms with E-state index in [1.54, 1.807) is 0 Å². The number of nitrogens with zero attached hydrogens (tertiary/aromatic N) is 3. The number of hydrogen-bond donors (Lipinski definition) is 0. The summed E-state index contributed by atoms with van der Waals surface area (Å²) in [5, 5.41) is 0. The highest BCUT2D eigenvalue weighted by atomic mass is 15.2. The van der Waals surface area contributed by atoms with Crippen LogP contribution >= 0.6 is 0 Å². The van der Waals surface area contributed by atoms with Crippen molar-refractivity contribution in [2.45, 2.75) is 39.7 Å². The Morgan fingerprint density at radius 3 is 1.95 bits per heavy atom. The van der Waals surface area contributed by atoms with Gasteiger partial charge in [-0.1, -0.05) is 6.92 Å². The Morgan fingerprint density at radius 2 is 1.45 bits per heavy atom. The standard InChI is InChI=1S/C17H33N3/c1-4-18-10-16-12-19(13-17(16)11-18)9-15-5-7-20(8-6-15)14(2)3/h14-17H,4-13H2,1-3H3. The summed E-state index contributed by atoms with van der Waals surface area (Å²) in [4.78, 5) is 8.08. The van der Waals surface area contributed by atoms with Crippen molar-refractivity contribution in [3.63, 3.8) is 0 Å². The molecule has 0 spiro atoms. The van der Waals surface area contributed by atoms with Crippen molar-refractivity contribution in [3.05, 3.63) is 0 Å². The number of fused-ring (bicyclic) bond motifs is 1. The van der Waals surface area contributed by atoms with Gasteiger partial charge in [-0.25, -0.2) is 0 Å². The molecule has 3 aliphatic heterocycles. The average Bonchev–Trinajstić information content (AvgIpc) is 2.96. The summed E-state index contributed by atoms with van der Waals surface area (Å²) < 4.78 is 0. The molecule has 2 atom stereocenters. The van der Waals surface area contributed by atoms with E-state index in [1.807, 2.05) is 0 Å². The van der Waals surface area contributed by atoms with Crippen LogP contribution in [0.2, 0.25) is 0 Å². The molecular formula is C17H33N3. The topological polar surface area (TPSA) is 9.72 Å². The molecule has 3 rings (SSSR count). The van der Waals surface area contributed by atoms with Gasteiger partial charge in [0.15, 0.2) is 0 Å². The van der Waals surface area contributed by atoms with E-state index < -0.39 is 0 Å². The highest BCUT2D eigenvalue weighted by Crippen LogP contribution is 2.32. The Balaban J connectivity index is 1.41. The predicted molar refractivity (Wildman–Crippen MR) is 85.0 cm³/mol. The molecule has 3 fully saturated rings. The lowest BCUT2D eigenvalue weighted by molar-refractivity contribution is 0.125. The lowest BCUT2D eigenvalue weighted by Crippen LogP contribution is -2.41. The molecule has 3 aliphatic rings. The minimum Gasteiger partial charge on any atom is -0.303 e. The van der Waals surface area contributed by atoms with Crippen molar-refractivity contribution in [2.24, 2.45) is 17.8 Å². The Labute approximate surface area is 125 Å². The summed E-state index contributed by atoms with van der Waals surface area (Å²) in [6, 6.07) is 0.738. The van der Waals surface area contributed by atoms with E-state index in [1.165, 1.54) is 65.2 Å². The highest BCUT2D eigenvalue weighted by Gasteiger charge is 2.39. The van der Waals surface area contributed by atoms with Crippen molar-refractivity contribution >= 4 is 0 Å². The van der Waals surface area contributed by atoms with Crippen LogP contribution in [0.1, 0.15) is 33.6 Å². The molecule has 3 heterocycles. The van der Waals surface area contributed by atoms with Crippen LogP contribution in [0, 0.1) is 17.8 Å². The highest BCUT2D eigenvalue weighted by molar-refractivity contribution is 4.93. The molecular weight excluding hydrogens is 246 g/mol. The molecule has 0 amide bonds. The molecule has 0 aromatic carbocycles. The third-order valence-electron chi connectivity index (χ3n) is 5.98. The normalized spacial score (nSPS) is 34.2. The van der Waals surface area contributed by atoms with Gasteiger partial charge >= 0.3 is 0 Å². The van der Waals surface area contributed by atoms with Gasteiger partial charge in [0.2, 0.25) is 0 Å². The monoisotopic (exact) mass is 279 g/mol. The molecule has 3 nitrogen and oxygen atoms in total. The van der Waals surface area contributed by atoms with Crippen LogP contribution in [0.25, 0.3) is 0 Å². The van der Waals surface area contributed by atoms with Gasteiger partial charge in [-0.2, -0.15) is 0 Å². The van der Waals surface area contributed by atoms with Gasteiger partial charge in [-0.05, 0) is 64.1 Å². The van der Waals surface area contributed by atoms with Crippen LogP contribution in [-0.4, -0.2) is 73.1 Å². The zero-order chi connectivity index (χ0) is 14.1. The summed E-state index contributed by atoms with van der Waals surface area (Å²) in [5.41, 5.74) is 0. The number of rotatable bonds is 4. The molecule has 0 aromatic heterocycles. The van der Waals surface area contributed by atoms with Gasteiger partial charge in [0.05, 0.1) is 0 Å². The second kappa shape index (κ2) is 6.33. The number of hydrogen-bond acceptors (Lipinski definition) is 3. The first-order valence-corrected chi connectivity index (χ1v) is 8.84. The fraction of sp³-hybridized carbons (Fsp3) is 1.00. The molecule has 0 radical (unpaired) electrons. The molecule has 0 bridgehead atoms. The first-order chi connectivity index (χ1) is 9.65. The van der Waals surface area contributed by atoms with Gasteiger partial charge in [0.1, 0.15) is 0 Å². The number of piperidine rings is 1. The Hall–Kier alpha value is -0.120. The second-order valence-electron chi connectivity index (χ2n) is 7.66. The summed E-state index contributed by atoms with van der Waals surface area (Å²) in [7, 11) is 0. The Kier molecular flexibility index (Phi) is 4.68. The first-order valence-electron chi connectivity index (χ1n) is 8.84. The van der Waals surface area contributed by atoms with Crippen LogP contribution in [0.5, 0.6) is 0 Å². The maximum absolute atomic E-state index is 2.79. The minimum atomic E-state index is 0.738. The summed E-state index contributed by atoms with van der Waals surface area (Å²) in [6.07, 6.45) is 2.84. The van der Waals surface area contributed by atoms with E-state index >= 15 is 0 Å². The third-order valence-corrected chi connectivity index (χ3v) is 5.98. The van der Waals surface area contributed by atoms with Crippen molar-refractivity contribution in [1.82, 2.24) is 14.7 Å². The lowest BCUT2D eigenvalue weighted by atomic mass is 9.95. The second-order valence-corrected chi connectivity index (χ2v) is 7.66. The molecule has 3 saturated heterocycles. The van der Waals surface area contributed by atoms with Gasteiger partial charge < -0.3 is 14.7 Å². The van der Waals surface area contributed by atoms with E-state index in [0.29, 0.717) is 0 Å². The fourth-order valence-electron chi connectivity index (χ4n) is 4.61. The zero-order valence-electron chi connectivity index (χ0n) is 13.7. The minimum absolute atomic E-state index is 0.738. The maximum Gasteiger partial charge on any atom is 0.00385 e. The average molecular weight is 279 g/mol. The molecule has 0 aliphatic carbocycles. The molecule has 0 saturated carbocycles. The van der Waals surface area contributed by atoms with Crippen molar-refractivity contribution in [2.75, 3.05) is 52.4 Å². The first kappa shape index (κ1) is 14.8. The molecule has 20 heavy (non-hydrogen) atoms. The predicted octanol–water partition coefficient (Wildman–Crippen LogP) is 1.99. The van der Waals surface area contributed by atoms with Crippen molar-refractivity contribution < 1.29 is 0 Å². The Morgan fingerprint density at radius 1 is 0.900 bits per heavy atom. The van der Waals surface area contributed by atoms with Crippen molar-refractivity contribution in [1.29, 1.82) is 0 Å². The van der Waals surface area contributed by atoms with Gasteiger partial charge in [0, 0.05) is 38.8 Å². The molecule has 116 valence electrons. The summed E-state index contributed by atoms with van der Waals surface area (Å²) in [5.74, 6) is 2.92. The maximum atomic E-state index is 2.79. The Bertz CT molecular complexity index is 295. The van der Waals surface area contributed by atoms with Crippen LogP contribution < -0.4 is 0 Å².